The number of nitrogens with two attached hydrogens (primary N) is 1. The van der Waals surface area contributed by atoms with Crippen molar-refractivity contribution in [2.24, 2.45) is 5.73 Å². The Balaban J connectivity index is 2.13. The molecule has 2 aromatic carbocycles. The Labute approximate surface area is 145 Å². The third kappa shape index (κ3) is 4.57. The van der Waals surface area contributed by atoms with Gasteiger partial charge in [-0.05, 0) is 17.2 Å². The summed E-state index contributed by atoms with van der Waals surface area (Å²) in [5.41, 5.74) is 6.85. The number of primary amides is 1. The van der Waals surface area contributed by atoms with E-state index in [0.717, 1.165) is 5.56 Å². The number of halogens is 1. The molecule has 0 spiro atoms. The summed E-state index contributed by atoms with van der Waals surface area (Å²) in [6, 6.07) is 15.3. The Morgan fingerprint density at radius 1 is 1.12 bits per heavy atom. The van der Waals surface area contributed by atoms with Gasteiger partial charge in [-0.15, -0.1) is 0 Å². The molecule has 0 saturated heterocycles. The first-order chi connectivity index (χ1) is 11.5. The molecule has 0 aliphatic heterocycles. The topological polar surface area (TPSA) is 81.4 Å². The van der Waals surface area contributed by atoms with Crippen molar-refractivity contribution < 1.29 is 14.3 Å². The van der Waals surface area contributed by atoms with E-state index in [4.69, 9.17) is 22.1 Å². The molecule has 0 radical (unpaired) electrons. The van der Waals surface area contributed by atoms with Crippen LogP contribution >= 0.6 is 11.6 Å². The summed E-state index contributed by atoms with van der Waals surface area (Å²) < 4.78 is 5.26. The first-order valence-electron chi connectivity index (χ1n) is 7.43. The summed E-state index contributed by atoms with van der Waals surface area (Å²) in [4.78, 5) is 24.2. The van der Waals surface area contributed by atoms with Gasteiger partial charge in [-0.1, -0.05) is 60.1 Å². The van der Waals surface area contributed by atoms with Crippen molar-refractivity contribution in [1.82, 2.24) is 5.32 Å². The molecule has 3 N–H and O–H groups in total. The third-order valence-electron chi connectivity index (χ3n) is 3.62. The van der Waals surface area contributed by atoms with Gasteiger partial charge >= 0.3 is 0 Å². The molecule has 0 heterocycles. The zero-order chi connectivity index (χ0) is 17.5. The Morgan fingerprint density at radius 2 is 1.75 bits per heavy atom. The molecule has 0 saturated carbocycles. The van der Waals surface area contributed by atoms with E-state index in [1.165, 1.54) is 7.11 Å². The Bertz CT molecular complexity index is 706. The van der Waals surface area contributed by atoms with Crippen LogP contribution in [0, 0.1) is 0 Å². The van der Waals surface area contributed by atoms with Crippen LogP contribution in [0.4, 0.5) is 0 Å². The summed E-state index contributed by atoms with van der Waals surface area (Å²) in [6.07, 6.45) is -0.606. The van der Waals surface area contributed by atoms with E-state index in [-0.39, 0.29) is 6.42 Å². The fraction of sp³-hybridized carbons (Fsp3) is 0.222. The molecular formula is C18H19ClN2O3. The van der Waals surface area contributed by atoms with Crippen LogP contribution in [-0.2, 0) is 20.7 Å². The molecule has 0 unspecified atom stereocenters. The van der Waals surface area contributed by atoms with E-state index in [1.807, 2.05) is 24.3 Å². The zero-order valence-corrected chi connectivity index (χ0v) is 14.0. The highest BCUT2D eigenvalue weighted by molar-refractivity contribution is 6.31. The summed E-state index contributed by atoms with van der Waals surface area (Å²) in [6.45, 7) is 0. The standard InChI is InChI=1S/C18H19ClN2O3/c1-24-16(12-7-3-2-4-8-12)18(23)21-15(17(20)22)11-13-9-5-6-10-14(13)19/h2-10,15-16H,11H2,1H3,(H2,20,22)(H,21,23)/t15-,16-/m1/s1. The number of hydrogen-bond acceptors (Lipinski definition) is 3. The Hall–Kier alpha value is -2.37. The average Bonchev–Trinajstić information content (AvgIpc) is 2.57. The maximum Gasteiger partial charge on any atom is 0.254 e. The van der Waals surface area contributed by atoms with Gasteiger partial charge in [-0.3, -0.25) is 9.59 Å². The number of methoxy groups -OCH3 is 1. The van der Waals surface area contributed by atoms with Gasteiger partial charge in [0.1, 0.15) is 6.04 Å². The molecule has 2 atom stereocenters. The fourth-order valence-corrected chi connectivity index (χ4v) is 2.59. The van der Waals surface area contributed by atoms with Crippen molar-refractivity contribution in [2.45, 2.75) is 18.6 Å². The molecule has 0 fully saturated rings. The smallest absolute Gasteiger partial charge is 0.254 e. The number of rotatable bonds is 7. The van der Waals surface area contributed by atoms with Gasteiger partial charge in [0, 0.05) is 18.6 Å². The summed E-state index contributed by atoms with van der Waals surface area (Å²) in [5.74, 6) is -1.06. The SMILES string of the molecule is CO[C@@H](C(=O)N[C@H](Cc1ccccc1Cl)C(N)=O)c1ccccc1. The highest BCUT2D eigenvalue weighted by atomic mass is 35.5. The van der Waals surface area contributed by atoms with Gasteiger partial charge in [-0.25, -0.2) is 0 Å². The molecule has 24 heavy (non-hydrogen) atoms. The predicted molar refractivity (Wildman–Crippen MR) is 92.5 cm³/mol. The number of carbonyl (C=O) groups is 2. The maximum absolute atomic E-state index is 12.5. The maximum atomic E-state index is 12.5. The quantitative estimate of drug-likeness (QED) is 0.806. The fourth-order valence-electron chi connectivity index (χ4n) is 2.38. The van der Waals surface area contributed by atoms with Gasteiger partial charge in [-0.2, -0.15) is 0 Å². The van der Waals surface area contributed by atoms with Crippen molar-refractivity contribution in [3.63, 3.8) is 0 Å². The molecular weight excluding hydrogens is 328 g/mol. The lowest BCUT2D eigenvalue weighted by atomic mass is 10.0. The summed E-state index contributed by atoms with van der Waals surface area (Å²) in [7, 11) is 1.44. The van der Waals surface area contributed by atoms with Crippen molar-refractivity contribution in [3.8, 4) is 0 Å². The van der Waals surface area contributed by atoms with Crippen LogP contribution in [0.1, 0.15) is 17.2 Å². The van der Waals surface area contributed by atoms with Crippen molar-refractivity contribution >= 4 is 23.4 Å². The molecule has 0 bridgehead atoms. The van der Waals surface area contributed by atoms with Gasteiger partial charge in [0.2, 0.25) is 5.91 Å². The summed E-state index contributed by atoms with van der Waals surface area (Å²) >= 11 is 6.11. The highest BCUT2D eigenvalue weighted by Gasteiger charge is 2.26. The van der Waals surface area contributed by atoms with Gasteiger partial charge in [0.25, 0.3) is 5.91 Å². The van der Waals surface area contributed by atoms with Crippen molar-refractivity contribution in [2.75, 3.05) is 7.11 Å². The van der Waals surface area contributed by atoms with Gasteiger partial charge < -0.3 is 15.8 Å². The monoisotopic (exact) mass is 346 g/mol. The first kappa shape index (κ1) is 18.0. The van der Waals surface area contributed by atoms with Crippen LogP contribution in [0.2, 0.25) is 5.02 Å². The van der Waals surface area contributed by atoms with Crippen LogP contribution in [0.3, 0.4) is 0 Å². The second-order valence-electron chi connectivity index (χ2n) is 5.29. The number of ether oxygens (including phenoxy) is 1. The molecule has 5 nitrogen and oxygen atoms in total. The summed E-state index contributed by atoms with van der Waals surface area (Å²) in [5, 5.41) is 3.16. The molecule has 2 rings (SSSR count). The minimum Gasteiger partial charge on any atom is -0.368 e. The number of amides is 2. The van der Waals surface area contributed by atoms with Crippen LogP contribution < -0.4 is 11.1 Å². The third-order valence-corrected chi connectivity index (χ3v) is 3.99. The first-order valence-corrected chi connectivity index (χ1v) is 7.81. The second kappa shape index (κ2) is 8.47. The minimum absolute atomic E-state index is 0.214. The lowest BCUT2D eigenvalue weighted by molar-refractivity contribution is -0.134. The lowest BCUT2D eigenvalue weighted by Gasteiger charge is -2.20. The molecule has 2 aromatic rings. The van der Waals surface area contributed by atoms with E-state index in [0.29, 0.717) is 10.6 Å². The van der Waals surface area contributed by atoms with E-state index in [9.17, 15) is 9.59 Å². The molecule has 6 heteroatoms. The Morgan fingerprint density at radius 3 is 2.33 bits per heavy atom. The van der Waals surface area contributed by atoms with E-state index < -0.39 is 24.0 Å². The lowest BCUT2D eigenvalue weighted by Crippen LogP contribution is -2.47. The average molecular weight is 347 g/mol. The normalized spacial score (nSPS) is 13.1. The van der Waals surface area contributed by atoms with Gasteiger partial charge in [0.15, 0.2) is 6.10 Å². The van der Waals surface area contributed by atoms with E-state index in [2.05, 4.69) is 5.32 Å². The molecule has 126 valence electrons. The molecule has 0 aliphatic rings. The number of carbonyl (C=O) groups excluding carboxylic acids is 2. The molecule has 0 aromatic heterocycles. The minimum atomic E-state index is -0.876. The van der Waals surface area contributed by atoms with Crippen LogP contribution in [-0.4, -0.2) is 25.0 Å². The number of nitrogens with one attached hydrogen (secondary N) is 1. The van der Waals surface area contributed by atoms with Crippen molar-refractivity contribution in [1.29, 1.82) is 0 Å². The Kier molecular flexibility index (Phi) is 6.35. The van der Waals surface area contributed by atoms with Gasteiger partial charge in [0.05, 0.1) is 0 Å². The number of hydrogen-bond donors (Lipinski definition) is 2. The number of benzene rings is 2. The second-order valence-corrected chi connectivity index (χ2v) is 5.69. The van der Waals surface area contributed by atoms with Crippen molar-refractivity contribution in [3.05, 3.63) is 70.7 Å². The highest BCUT2D eigenvalue weighted by Crippen LogP contribution is 2.19. The van der Waals surface area contributed by atoms with Crippen LogP contribution in [0.5, 0.6) is 0 Å². The van der Waals surface area contributed by atoms with E-state index in [1.54, 1.807) is 30.3 Å². The zero-order valence-electron chi connectivity index (χ0n) is 13.2. The molecule has 2 amide bonds. The van der Waals surface area contributed by atoms with Crippen LogP contribution in [0.25, 0.3) is 0 Å². The van der Waals surface area contributed by atoms with Crippen LogP contribution in [0.15, 0.2) is 54.6 Å². The molecule has 0 aliphatic carbocycles. The van der Waals surface area contributed by atoms with E-state index >= 15 is 0 Å². The largest absolute Gasteiger partial charge is 0.368 e. The predicted octanol–water partition coefficient (Wildman–Crippen LogP) is 2.24.